The van der Waals surface area contributed by atoms with E-state index in [9.17, 15) is 46.1 Å². The van der Waals surface area contributed by atoms with Crippen molar-refractivity contribution in [3.63, 3.8) is 0 Å². The number of Topliss-reactive ketones (excluding diaryl/α,β-unsaturated/α-hetero) is 1. The minimum Gasteiger partial charge on any atom is -0.402 e. The van der Waals surface area contributed by atoms with Crippen molar-refractivity contribution in [2.45, 2.75) is 64.0 Å². The van der Waals surface area contributed by atoms with Crippen molar-refractivity contribution in [3.8, 4) is 23.0 Å². The molecule has 242 valence electrons. The number of benzene rings is 1. The highest BCUT2D eigenvalue weighted by Crippen LogP contribution is 2.29. The number of hydrogen-bond acceptors (Lipinski definition) is 9. The maximum absolute atomic E-state index is 13.3. The Balaban J connectivity index is 1.81. The van der Waals surface area contributed by atoms with Crippen molar-refractivity contribution in [2.24, 2.45) is 0 Å². The van der Waals surface area contributed by atoms with Crippen LogP contribution in [0.2, 0.25) is 5.02 Å². The molecule has 1 aromatic carbocycles. The fourth-order valence-corrected chi connectivity index (χ4v) is 4.08. The number of aromatic nitrogens is 7. The van der Waals surface area contributed by atoms with E-state index in [1.165, 1.54) is 38.1 Å². The smallest absolute Gasteiger partial charge is 0.402 e. The van der Waals surface area contributed by atoms with E-state index in [0.717, 1.165) is 18.3 Å². The number of aliphatic hydroxyl groups excluding tert-OH is 1. The number of aliphatic hydroxyl groups is 2. The molecule has 0 spiro atoms. The topological polar surface area (TPSA) is 150 Å². The Morgan fingerprint density at radius 1 is 1.07 bits per heavy atom. The van der Waals surface area contributed by atoms with Gasteiger partial charge in [-0.15, -0.1) is 23.4 Å². The van der Waals surface area contributed by atoms with Gasteiger partial charge in [0.2, 0.25) is 5.82 Å². The zero-order valence-electron chi connectivity index (χ0n) is 23.3. The molecule has 0 aliphatic rings. The molecule has 1 atom stereocenters. The molecule has 0 radical (unpaired) electrons. The summed E-state index contributed by atoms with van der Waals surface area (Å²) in [5.74, 6) is -3.38. The first-order valence-electron chi connectivity index (χ1n) is 12.9. The summed E-state index contributed by atoms with van der Waals surface area (Å²) in [5, 5.41) is 28.2. The summed E-state index contributed by atoms with van der Waals surface area (Å²) in [6.07, 6.45) is -12.5. The lowest BCUT2D eigenvalue weighted by molar-refractivity contribution is -0.274. The number of alkyl halides is 6. The lowest BCUT2D eigenvalue weighted by atomic mass is 10.0. The predicted molar refractivity (Wildman–Crippen MR) is 144 cm³/mol. The summed E-state index contributed by atoms with van der Waals surface area (Å²) >= 11 is 5.89. The SMILES string of the molecule is CC(C)(O)CCC(=O)c1nc(Cn2nc(-c3ccc(Cl)cc3)n(C[C@H](O)C(F)(F)F)c2=O)nn1-c1ncccc1OC(F)(F)F. The van der Waals surface area contributed by atoms with Gasteiger partial charge in [0.05, 0.1) is 12.1 Å². The second-order valence-corrected chi connectivity index (χ2v) is 10.7. The van der Waals surface area contributed by atoms with Crippen molar-refractivity contribution < 1.29 is 46.1 Å². The first kappa shape index (κ1) is 33.6. The monoisotopic (exact) mass is 663 g/mol. The minimum absolute atomic E-state index is 0.0714. The fourth-order valence-electron chi connectivity index (χ4n) is 3.96. The Kier molecular flexibility index (Phi) is 9.41. The molecular weight excluding hydrogens is 640 g/mol. The van der Waals surface area contributed by atoms with E-state index in [0.29, 0.717) is 13.9 Å². The third-order valence-electron chi connectivity index (χ3n) is 6.09. The van der Waals surface area contributed by atoms with E-state index in [1.807, 2.05) is 0 Å². The molecule has 0 saturated heterocycles. The van der Waals surface area contributed by atoms with Crippen LogP contribution in [0.1, 0.15) is 43.1 Å². The molecule has 4 rings (SSSR count). The molecule has 45 heavy (non-hydrogen) atoms. The molecule has 4 aromatic rings. The summed E-state index contributed by atoms with van der Waals surface area (Å²) in [7, 11) is 0. The number of nitrogens with zero attached hydrogens (tertiary/aromatic N) is 7. The molecule has 0 bridgehead atoms. The predicted octanol–water partition coefficient (Wildman–Crippen LogP) is 3.94. The number of pyridine rings is 1. The molecule has 12 nitrogen and oxygen atoms in total. The highest BCUT2D eigenvalue weighted by molar-refractivity contribution is 6.30. The van der Waals surface area contributed by atoms with Gasteiger partial charge in [0.25, 0.3) is 0 Å². The molecule has 19 heteroatoms. The summed E-state index contributed by atoms with van der Waals surface area (Å²) in [6.45, 7) is 0.965. The Morgan fingerprint density at radius 2 is 1.73 bits per heavy atom. The van der Waals surface area contributed by atoms with E-state index in [-0.39, 0.29) is 35.1 Å². The van der Waals surface area contributed by atoms with Gasteiger partial charge < -0.3 is 14.9 Å². The number of ether oxygens (including phenoxy) is 1. The van der Waals surface area contributed by atoms with E-state index >= 15 is 0 Å². The van der Waals surface area contributed by atoms with Gasteiger partial charge in [-0.3, -0.25) is 9.36 Å². The van der Waals surface area contributed by atoms with Crippen molar-refractivity contribution >= 4 is 17.4 Å². The first-order valence-corrected chi connectivity index (χ1v) is 13.3. The van der Waals surface area contributed by atoms with Crippen LogP contribution in [0.15, 0.2) is 47.4 Å². The fraction of sp³-hybridized carbons (Fsp3) is 0.385. The van der Waals surface area contributed by atoms with Crippen molar-refractivity contribution in [3.05, 3.63) is 69.8 Å². The summed E-state index contributed by atoms with van der Waals surface area (Å²) in [4.78, 5) is 34.3. The summed E-state index contributed by atoms with van der Waals surface area (Å²) < 4.78 is 84.9. The highest BCUT2D eigenvalue weighted by atomic mass is 35.5. The molecule has 3 aromatic heterocycles. The van der Waals surface area contributed by atoms with Gasteiger partial charge in [0.15, 0.2) is 35.1 Å². The van der Waals surface area contributed by atoms with Crippen LogP contribution in [0, 0.1) is 0 Å². The van der Waals surface area contributed by atoms with Gasteiger partial charge in [0, 0.05) is 23.2 Å². The second kappa shape index (κ2) is 12.6. The van der Waals surface area contributed by atoms with Crippen molar-refractivity contribution in [1.29, 1.82) is 0 Å². The van der Waals surface area contributed by atoms with Crippen LogP contribution in [0.3, 0.4) is 0 Å². The van der Waals surface area contributed by atoms with Crippen LogP contribution >= 0.6 is 11.6 Å². The van der Waals surface area contributed by atoms with Crippen LogP contribution in [0.25, 0.3) is 17.2 Å². The Labute approximate surface area is 254 Å². The molecule has 0 amide bonds. The molecule has 0 aliphatic heterocycles. The largest absolute Gasteiger partial charge is 0.573 e. The third-order valence-corrected chi connectivity index (χ3v) is 6.34. The summed E-state index contributed by atoms with van der Waals surface area (Å²) in [5.41, 5.74) is -2.26. The number of halogens is 7. The van der Waals surface area contributed by atoms with E-state index in [4.69, 9.17) is 11.6 Å². The highest BCUT2D eigenvalue weighted by Gasteiger charge is 2.39. The van der Waals surface area contributed by atoms with Gasteiger partial charge in [-0.25, -0.2) is 19.4 Å². The van der Waals surface area contributed by atoms with Crippen LogP contribution in [-0.2, 0) is 13.1 Å². The van der Waals surface area contributed by atoms with Crippen LogP contribution in [0.5, 0.6) is 5.75 Å². The van der Waals surface area contributed by atoms with Crippen LogP contribution in [0.4, 0.5) is 26.3 Å². The van der Waals surface area contributed by atoms with Gasteiger partial charge in [-0.05, 0) is 56.7 Å². The summed E-state index contributed by atoms with van der Waals surface area (Å²) in [6, 6.07) is 7.60. The van der Waals surface area contributed by atoms with Crippen molar-refractivity contribution in [2.75, 3.05) is 0 Å². The molecule has 0 aliphatic carbocycles. The number of hydrogen-bond donors (Lipinski definition) is 2. The Bertz CT molecular complexity index is 1730. The van der Waals surface area contributed by atoms with Crippen LogP contribution in [-0.4, -0.2) is 74.3 Å². The number of ketones is 1. The zero-order valence-corrected chi connectivity index (χ0v) is 24.1. The van der Waals surface area contributed by atoms with E-state index < -0.39 is 66.2 Å². The molecular formula is C26H24ClF6N7O5. The Hall–Kier alpha value is -4.29. The quantitative estimate of drug-likeness (QED) is 0.180. The Morgan fingerprint density at radius 3 is 2.33 bits per heavy atom. The normalized spacial score (nSPS) is 13.2. The van der Waals surface area contributed by atoms with E-state index in [1.54, 1.807) is 0 Å². The standard InChI is InChI=1S/C26H24ClF6N7O5/c1-24(2,44)10-9-16(41)21-35-19(36-40(21)22-17(4-3-11-34-22)45-26(31,32)33)13-39-23(43)38(12-18(42)25(28,29)30)20(37-39)14-5-7-15(27)8-6-14/h3-8,11,18,42,44H,9-10,12-13H2,1-2H3/t18-/m0/s1. The molecule has 2 N–H and O–H groups in total. The molecule has 0 fully saturated rings. The average Bonchev–Trinajstić information content (AvgIpc) is 3.48. The van der Waals surface area contributed by atoms with Crippen LogP contribution < -0.4 is 10.4 Å². The first-order chi connectivity index (χ1) is 20.8. The third kappa shape index (κ3) is 8.46. The lowest BCUT2D eigenvalue weighted by Gasteiger charge is -2.16. The number of carbonyl (C=O) groups is 1. The molecule has 0 unspecified atom stereocenters. The second-order valence-electron chi connectivity index (χ2n) is 10.3. The van der Waals surface area contributed by atoms with E-state index in [2.05, 4.69) is 24.9 Å². The number of rotatable bonds is 11. The molecule has 0 saturated carbocycles. The molecule has 3 heterocycles. The zero-order chi connectivity index (χ0) is 33.3. The van der Waals surface area contributed by atoms with Gasteiger partial charge in [-0.2, -0.15) is 17.9 Å². The average molecular weight is 664 g/mol. The van der Waals surface area contributed by atoms with Crippen molar-refractivity contribution in [1.82, 2.24) is 34.1 Å². The van der Waals surface area contributed by atoms with Gasteiger partial charge in [0.1, 0.15) is 6.54 Å². The lowest BCUT2D eigenvalue weighted by Crippen LogP contribution is -2.37. The number of carbonyl (C=O) groups excluding carboxylic acids is 1. The van der Waals surface area contributed by atoms with Gasteiger partial charge in [-0.1, -0.05) is 11.6 Å². The minimum atomic E-state index is -5.15. The van der Waals surface area contributed by atoms with Gasteiger partial charge >= 0.3 is 18.2 Å². The maximum Gasteiger partial charge on any atom is 0.573 e. The maximum atomic E-state index is 13.3.